The maximum absolute atomic E-state index is 13.0. The molecule has 0 N–H and O–H groups in total. The largest absolute Gasteiger partial charge is 0.496 e. The molecule has 0 amide bonds. The molecule has 26 heavy (non-hydrogen) atoms. The minimum Gasteiger partial charge on any atom is -0.496 e. The number of methoxy groups -OCH3 is 1. The fourth-order valence-electron chi connectivity index (χ4n) is 3.56. The van der Waals surface area contributed by atoms with Crippen molar-refractivity contribution in [1.82, 2.24) is 0 Å². The van der Waals surface area contributed by atoms with Gasteiger partial charge in [-0.3, -0.25) is 4.79 Å². The molecule has 0 aromatic heterocycles. The smallest absolute Gasteiger partial charge is 0.193 e. The van der Waals surface area contributed by atoms with Gasteiger partial charge < -0.3 is 4.74 Å². The molecule has 0 fully saturated rings. The Hall–Kier alpha value is -3.13. The van der Waals surface area contributed by atoms with Gasteiger partial charge in [0.05, 0.1) is 7.11 Å². The normalized spacial score (nSPS) is 11.0. The molecule has 4 aromatic rings. The van der Waals surface area contributed by atoms with Crippen LogP contribution in [-0.2, 0) is 0 Å². The summed E-state index contributed by atoms with van der Waals surface area (Å²) in [7, 11) is 1.69. The summed E-state index contributed by atoms with van der Waals surface area (Å²) < 4.78 is 5.45. The lowest BCUT2D eigenvalue weighted by Crippen LogP contribution is -2.02. The fourth-order valence-corrected chi connectivity index (χ4v) is 3.56. The number of fused-ring (bicyclic) bond motifs is 2. The third kappa shape index (κ3) is 2.64. The second kappa shape index (κ2) is 6.30. The summed E-state index contributed by atoms with van der Waals surface area (Å²) in [6.45, 7) is 4.10. The van der Waals surface area contributed by atoms with Gasteiger partial charge in [0.2, 0.25) is 0 Å². The molecular formula is C24H20O2. The summed E-state index contributed by atoms with van der Waals surface area (Å²) in [4.78, 5) is 13.0. The van der Waals surface area contributed by atoms with E-state index in [9.17, 15) is 4.79 Å². The number of hydrogen-bond acceptors (Lipinski definition) is 2. The highest BCUT2D eigenvalue weighted by atomic mass is 16.5. The number of ketones is 1. The Bertz CT molecular complexity index is 1160. The van der Waals surface area contributed by atoms with Crippen LogP contribution in [0.3, 0.4) is 0 Å². The van der Waals surface area contributed by atoms with E-state index in [1.165, 1.54) is 0 Å². The van der Waals surface area contributed by atoms with Crippen LogP contribution in [0.2, 0.25) is 0 Å². The van der Waals surface area contributed by atoms with Crippen LogP contribution in [0, 0.1) is 13.8 Å². The zero-order valence-corrected chi connectivity index (χ0v) is 15.2. The minimum absolute atomic E-state index is 0.0468. The highest BCUT2D eigenvalue weighted by Crippen LogP contribution is 2.31. The molecule has 2 nitrogen and oxygen atoms in total. The molecule has 4 rings (SSSR count). The molecule has 0 aliphatic rings. The lowest BCUT2D eigenvalue weighted by atomic mass is 9.94. The highest BCUT2D eigenvalue weighted by Gasteiger charge is 2.13. The highest BCUT2D eigenvalue weighted by molar-refractivity contribution is 6.12. The van der Waals surface area contributed by atoms with Crippen molar-refractivity contribution in [3.63, 3.8) is 0 Å². The Morgan fingerprint density at radius 1 is 0.769 bits per heavy atom. The van der Waals surface area contributed by atoms with Crippen molar-refractivity contribution in [3.05, 3.63) is 89.0 Å². The van der Waals surface area contributed by atoms with Crippen LogP contribution in [0.15, 0.2) is 66.7 Å². The fraction of sp³-hybridized carbons (Fsp3) is 0.125. The summed E-state index contributed by atoms with van der Waals surface area (Å²) in [5, 5.41) is 4.43. The number of rotatable bonds is 3. The summed E-state index contributed by atoms with van der Waals surface area (Å²) in [5.41, 5.74) is 3.62. The maximum Gasteiger partial charge on any atom is 0.193 e. The Balaban J connectivity index is 1.82. The van der Waals surface area contributed by atoms with Gasteiger partial charge in [0.1, 0.15) is 5.75 Å². The van der Waals surface area contributed by atoms with Crippen LogP contribution in [0.25, 0.3) is 21.5 Å². The average molecular weight is 340 g/mol. The molecule has 4 aromatic carbocycles. The second-order valence-electron chi connectivity index (χ2n) is 6.67. The van der Waals surface area contributed by atoms with E-state index in [-0.39, 0.29) is 5.78 Å². The SMILES string of the molecule is COc1cc(C)c2cc(C(=O)c3ccc4ccccc4c3)ccc2c1C. The zero-order chi connectivity index (χ0) is 18.3. The first kappa shape index (κ1) is 16.3. The van der Waals surface area contributed by atoms with Crippen molar-refractivity contribution < 1.29 is 9.53 Å². The standard InChI is InChI=1S/C24H20O2/c1-15-12-23(26-3)16(2)21-11-10-20(14-22(15)21)24(25)19-9-8-17-6-4-5-7-18(17)13-19/h4-14H,1-3H3. The van der Waals surface area contributed by atoms with Crippen molar-refractivity contribution in [1.29, 1.82) is 0 Å². The number of aryl methyl sites for hydroxylation is 2. The van der Waals surface area contributed by atoms with Crippen molar-refractivity contribution in [3.8, 4) is 5.75 Å². The molecule has 2 heteroatoms. The molecule has 0 aliphatic heterocycles. The summed E-state index contributed by atoms with van der Waals surface area (Å²) >= 11 is 0. The molecule has 0 atom stereocenters. The van der Waals surface area contributed by atoms with Gasteiger partial charge in [0.25, 0.3) is 0 Å². The van der Waals surface area contributed by atoms with Gasteiger partial charge in [0, 0.05) is 11.1 Å². The van der Waals surface area contributed by atoms with Gasteiger partial charge in [0.15, 0.2) is 5.78 Å². The molecule has 0 heterocycles. The average Bonchev–Trinajstić information content (AvgIpc) is 2.69. The summed E-state index contributed by atoms with van der Waals surface area (Å²) in [5.74, 6) is 0.925. The molecule has 0 bridgehead atoms. The van der Waals surface area contributed by atoms with Crippen LogP contribution in [0.5, 0.6) is 5.75 Å². The molecule has 128 valence electrons. The predicted octanol–water partition coefficient (Wildman–Crippen LogP) is 5.85. The van der Waals surface area contributed by atoms with Gasteiger partial charge in [-0.15, -0.1) is 0 Å². The molecule has 0 saturated heterocycles. The molecule has 0 radical (unpaired) electrons. The van der Waals surface area contributed by atoms with Gasteiger partial charge in [-0.2, -0.15) is 0 Å². The van der Waals surface area contributed by atoms with Gasteiger partial charge in [-0.1, -0.05) is 48.5 Å². The van der Waals surface area contributed by atoms with Gasteiger partial charge >= 0.3 is 0 Å². The van der Waals surface area contributed by atoms with E-state index < -0.39 is 0 Å². The quantitative estimate of drug-likeness (QED) is 0.437. The number of carbonyl (C=O) groups is 1. The number of carbonyl (C=O) groups excluding carboxylic acids is 1. The monoisotopic (exact) mass is 340 g/mol. The molecular weight excluding hydrogens is 320 g/mol. The van der Waals surface area contributed by atoms with Crippen molar-refractivity contribution >= 4 is 27.3 Å². The third-order valence-electron chi connectivity index (χ3n) is 5.06. The number of benzene rings is 4. The van der Waals surface area contributed by atoms with Crippen LogP contribution >= 0.6 is 0 Å². The Morgan fingerprint density at radius 2 is 1.46 bits per heavy atom. The van der Waals surface area contributed by atoms with Crippen molar-refractivity contribution in [2.75, 3.05) is 7.11 Å². The predicted molar refractivity (Wildman–Crippen MR) is 107 cm³/mol. The molecule has 0 unspecified atom stereocenters. The van der Waals surface area contributed by atoms with E-state index in [0.717, 1.165) is 38.4 Å². The lowest BCUT2D eigenvalue weighted by molar-refractivity contribution is 0.103. The maximum atomic E-state index is 13.0. The van der Waals surface area contributed by atoms with E-state index in [0.29, 0.717) is 11.1 Å². The van der Waals surface area contributed by atoms with Gasteiger partial charge in [-0.05, 0) is 64.7 Å². The number of hydrogen-bond donors (Lipinski definition) is 0. The van der Waals surface area contributed by atoms with E-state index in [1.807, 2.05) is 67.6 Å². The van der Waals surface area contributed by atoms with Crippen molar-refractivity contribution in [2.45, 2.75) is 13.8 Å². The molecule has 0 spiro atoms. The minimum atomic E-state index is 0.0468. The number of ether oxygens (including phenoxy) is 1. The van der Waals surface area contributed by atoms with E-state index >= 15 is 0 Å². The molecule has 0 aliphatic carbocycles. The first-order valence-corrected chi connectivity index (χ1v) is 8.70. The van der Waals surface area contributed by atoms with Gasteiger partial charge in [-0.25, -0.2) is 0 Å². The van der Waals surface area contributed by atoms with Crippen LogP contribution < -0.4 is 4.74 Å². The van der Waals surface area contributed by atoms with E-state index in [4.69, 9.17) is 4.74 Å². The molecule has 0 saturated carbocycles. The summed E-state index contributed by atoms with van der Waals surface area (Å²) in [6.07, 6.45) is 0. The lowest BCUT2D eigenvalue weighted by Gasteiger charge is -2.12. The van der Waals surface area contributed by atoms with Crippen molar-refractivity contribution in [2.24, 2.45) is 0 Å². The first-order valence-electron chi connectivity index (χ1n) is 8.70. The van der Waals surface area contributed by atoms with E-state index in [1.54, 1.807) is 7.11 Å². The van der Waals surface area contributed by atoms with Crippen LogP contribution in [-0.4, -0.2) is 12.9 Å². The second-order valence-corrected chi connectivity index (χ2v) is 6.67. The van der Waals surface area contributed by atoms with E-state index in [2.05, 4.69) is 13.0 Å². The van der Waals surface area contributed by atoms with Crippen LogP contribution in [0.4, 0.5) is 0 Å². The summed E-state index contributed by atoms with van der Waals surface area (Å²) in [6, 6.07) is 21.9. The Kier molecular flexibility index (Phi) is 3.96. The zero-order valence-electron chi connectivity index (χ0n) is 15.2. The topological polar surface area (TPSA) is 26.3 Å². The first-order chi connectivity index (χ1) is 12.6. The Morgan fingerprint density at radius 3 is 2.23 bits per heavy atom. The van der Waals surface area contributed by atoms with Crippen LogP contribution in [0.1, 0.15) is 27.0 Å². The Labute approximate surface area is 153 Å². The third-order valence-corrected chi connectivity index (χ3v) is 5.06.